The number of anilines is 1. The van der Waals surface area contributed by atoms with Crippen LogP contribution >= 0.6 is 15.9 Å². The summed E-state index contributed by atoms with van der Waals surface area (Å²) in [4.78, 5) is 2.62. The van der Waals surface area contributed by atoms with Gasteiger partial charge in [0.25, 0.3) is 0 Å². The first-order valence-electron chi connectivity index (χ1n) is 7.05. The fraction of sp³-hybridized carbons (Fsp3) is 0.600. The molecule has 2 N–H and O–H groups in total. The van der Waals surface area contributed by atoms with E-state index in [1.54, 1.807) is 0 Å². The van der Waals surface area contributed by atoms with Crippen LogP contribution in [0.3, 0.4) is 0 Å². The van der Waals surface area contributed by atoms with Crippen LogP contribution in [0.5, 0.6) is 0 Å². The first-order chi connectivity index (χ1) is 8.81. The van der Waals surface area contributed by atoms with Crippen molar-refractivity contribution in [3.05, 3.63) is 28.2 Å². The molecule has 1 saturated carbocycles. The number of hydrogen-bond donors (Lipinski definition) is 1. The third-order valence-electron chi connectivity index (χ3n) is 4.62. The van der Waals surface area contributed by atoms with Gasteiger partial charge in [-0.25, -0.2) is 0 Å². The molecule has 1 aliphatic carbocycles. The number of hydrogen-bond acceptors (Lipinski definition) is 2. The van der Waals surface area contributed by atoms with Crippen LogP contribution in [0.15, 0.2) is 22.7 Å². The smallest absolute Gasteiger partial charge is 0.0425 e. The molecule has 2 unspecified atom stereocenters. The summed E-state index contributed by atoms with van der Waals surface area (Å²) in [7, 11) is 0. The standard InChI is InChI=1S/C15H21BrN2/c16-13-5-3-7-15(12(13)10-17)18-9-8-11-4-1-2-6-14(11)18/h3,5,7,11,14H,1-2,4,6,8-10,17H2. The first kappa shape index (κ1) is 12.5. The van der Waals surface area contributed by atoms with Crippen LogP contribution in [0, 0.1) is 5.92 Å². The number of halogens is 1. The molecule has 2 nitrogen and oxygen atoms in total. The van der Waals surface area contributed by atoms with E-state index in [2.05, 4.69) is 39.0 Å². The van der Waals surface area contributed by atoms with Crippen molar-refractivity contribution in [3.63, 3.8) is 0 Å². The van der Waals surface area contributed by atoms with Crippen molar-refractivity contribution in [2.45, 2.75) is 44.7 Å². The molecule has 0 bridgehead atoms. The highest BCUT2D eigenvalue weighted by molar-refractivity contribution is 9.10. The third kappa shape index (κ3) is 2.08. The zero-order valence-electron chi connectivity index (χ0n) is 10.7. The number of nitrogens with zero attached hydrogens (tertiary/aromatic N) is 1. The van der Waals surface area contributed by atoms with E-state index in [9.17, 15) is 0 Å². The average molecular weight is 309 g/mol. The van der Waals surface area contributed by atoms with Crippen molar-refractivity contribution in [3.8, 4) is 0 Å². The number of fused-ring (bicyclic) bond motifs is 1. The lowest BCUT2D eigenvalue weighted by molar-refractivity contribution is 0.342. The van der Waals surface area contributed by atoms with Crippen LogP contribution < -0.4 is 10.6 Å². The zero-order chi connectivity index (χ0) is 12.5. The molecule has 3 heteroatoms. The Labute approximate surface area is 118 Å². The van der Waals surface area contributed by atoms with Gasteiger partial charge in [-0.3, -0.25) is 0 Å². The molecular formula is C15H21BrN2. The lowest BCUT2D eigenvalue weighted by Gasteiger charge is -2.34. The van der Waals surface area contributed by atoms with E-state index in [1.807, 2.05) is 0 Å². The van der Waals surface area contributed by atoms with Gasteiger partial charge in [-0.1, -0.05) is 34.8 Å². The van der Waals surface area contributed by atoms with Gasteiger partial charge in [-0.2, -0.15) is 0 Å². The molecule has 2 aliphatic rings. The van der Waals surface area contributed by atoms with Crippen molar-refractivity contribution < 1.29 is 0 Å². The minimum absolute atomic E-state index is 0.616. The maximum atomic E-state index is 5.93. The summed E-state index contributed by atoms with van der Waals surface area (Å²) in [5, 5.41) is 0. The molecule has 1 aromatic carbocycles. The molecule has 0 radical (unpaired) electrons. The molecule has 3 rings (SSSR count). The van der Waals surface area contributed by atoms with Crippen LogP contribution in [0.25, 0.3) is 0 Å². The molecule has 18 heavy (non-hydrogen) atoms. The Morgan fingerprint density at radius 1 is 1.22 bits per heavy atom. The fourth-order valence-electron chi connectivity index (χ4n) is 3.72. The number of rotatable bonds is 2. The van der Waals surface area contributed by atoms with Gasteiger partial charge in [0.05, 0.1) is 0 Å². The zero-order valence-corrected chi connectivity index (χ0v) is 12.3. The molecule has 98 valence electrons. The fourth-order valence-corrected chi connectivity index (χ4v) is 4.24. The maximum Gasteiger partial charge on any atom is 0.0425 e. The Balaban J connectivity index is 1.93. The van der Waals surface area contributed by atoms with Crippen LogP contribution in [0.1, 0.15) is 37.7 Å². The van der Waals surface area contributed by atoms with E-state index in [-0.39, 0.29) is 0 Å². The van der Waals surface area contributed by atoms with Gasteiger partial charge in [0, 0.05) is 34.9 Å². The quantitative estimate of drug-likeness (QED) is 0.903. The van der Waals surface area contributed by atoms with E-state index in [4.69, 9.17) is 5.73 Å². The second kappa shape index (κ2) is 5.22. The van der Waals surface area contributed by atoms with E-state index >= 15 is 0 Å². The lowest BCUT2D eigenvalue weighted by atomic mass is 9.85. The third-order valence-corrected chi connectivity index (χ3v) is 5.36. The summed E-state index contributed by atoms with van der Waals surface area (Å²) in [6, 6.07) is 7.23. The predicted molar refractivity (Wildman–Crippen MR) is 79.7 cm³/mol. The average Bonchev–Trinajstić information content (AvgIpc) is 2.82. The van der Waals surface area contributed by atoms with E-state index in [0.717, 1.165) is 16.4 Å². The minimum Gasteiger partial charge on any atom is -0.368 e. The topological polar surface area (TPSA) is 29.3 Å². The van der Waals surface area contributed by atoms with Crippen molar-refractivity contribution in [2.24, 2.45) is 11.7 Å². The van der Waals surface area contributed by atoms with Gasteiger partial charge in [0.15, 0.2) is 0 Å². The largest absolute Gasteiger partial charge is 0.368 e. The Kier molecular flexibility index (Phi) is 3.62. The van der Waals surface area contributed by atoms with E-state index in [0.29, 0.717) is 6.54 Å². The SMILES string of the molecule is NCc1c(Br)cccc1N1CCC2CCCCC21. The van der Waals surface area contributed by atoms with Gasteiger partial charge >= 0.3 is 0 Å². The van der Waals surface area contributed by atoms with Crippen molar-refractivity contribution in [2.75, 3.05) is 11.4 Å². The Hall–Kier alpha value is -0.540. The molecule has 0 spiro atoms. The van der Waals surface area contributed by atoms with Crippen molar-refractivity contribution >= 4 is 21.6 Å². The Morgan fingerprint density at radius 2 is 2.06 bits per heavy atom. The highest BCUT2D eigenvalue weighted by Crippen LogP contribution is 2.40. The molecule has 2 atom stereocenters. The summed E-state index contributed by atoms with van der Waals surface area (Å²) < 4.78 is 1.15. The van der Waals surface area contributed by atoms with Crippen LogP contribution in [0.4, 0.5) is 5.69 Å². The summed E-state index contributed by atoms with van der Waals surface area (Å²) in [6.45, 7) is 1.82. The van der Waals surface area contributed by atoms with Crippen molar-refractivity contribution in [1.29, 1.82) is 0 Å². The van der Waals surface area contributed by atoms with Gasteiger partial charge in [-0.05, 0) is 37.3 Å². The van der Waals surface area contributed by atoms with Crippen LogP contribution in [0.2, 0.25) is 0 Å². The van der Waals surface area contributed by atoms with Gasteiger partial charge in [0.1, 0.15) is 0 Å². The second-order valence-corrected chi connectivity index (χ2v) is 6.39. The molecule has 2 fully saturated rings. The second-order valence-electron chi connectivity index (χ2n) is 5.54. The first-order valence-corrected chi connectivity index (χ1v) is 7.84. The summed E-state index contributed by atoms with van der Waals surface area (Å²) in [5.41, 5.74) is 8.56. The van der Waals surface area contributed by atoms with Crippen LogP contribution in [-0.4, -0.2) is 12.6 Å². The van der Waals surface area contributed by atoms with Crippen LogP contribution in [-0.2, 0) is 6.54 Å². The Morgan fingerprint density at radius 3 is 2.89 bits per heavy atom. The molecule has 1 saturated heterocycles. The highest BCUT2D eigenvalue weighted by Gasteiger charge is 2.36. The summed E-state index contributed by atoms with van der Waals surface area (Å²) in [5.74, 6) is 0.920. The summed E-state index contributed by atoms with van der Waals surface area (Å²) in [6.07, 6.45) is 6.97. The maximum absolute atomic E-state index is 5.93. The lowest BCUT2D eigenvalue weighted by Crippen LogP contribution is -2.35. The molecular weight excluding hydrogens is 288 g/mol. The summed E-state index contributed by atoms with van der Waals surface area (Å²) >= 11 is 3.64. The highest BCUT2D eigenvalue weighted by atomic mass is 79.9. The Bertz CT molecular complexity index is 433. The molecule has 0 amide bonds. The molecule has 1 aromatic rings. The minimum atomic E-state index is 0.616. The van der Waals surface area contributed by atoms with E-state index in [1.165, 1.54) is 49.9 Å². The molecule has 0 aromatic heterocycles. The van der Waals surface area contributed by atoms with Gasteiger partial charge in [-0.15, -0.1) is 0 Å². The predicted octanol–water partition coefficient (Wildman–Crippen LogP) is 3.68. The van der Waals surface area contributed by atoms with E-state index < -0.39 is 0 Å². The van der Waals surface area contributed by atoms with Gasteiger partial charge < -0.3 is 10.6 Å². The number of nitrogens with two attached hydrogens (primary N) is 1. The monoisotopic (exact) mass is 308 g/mol. The number of benzene rings is 1. The van der Waals surface area contributed by atoms with Gasteiger partial charge in [0.2, 0.25) is 0 Å². The van der Waals surface area contributed by atoms with Crippen molar-refractivity contribution in [1.82, 2.24) is 0 Å². The molecule has 1 aliphatic heterocycles. The molecule has 1 heterocycles. The normalized spacial score (nSPS) is 27.3.